The highest BCUT2D eigenvalue weighted by Gasteiger charge is 2.73. The van der Waals surface area contributed by atoms with E-state index < -0.39 is 23.2 Å². The summed E-state index contributed by atoms with van der Waals surface area (Å²) in [5.41, 5.74) is 3.34. The molecular formula is C36H42N2O7. The maximum absolute atomic E-state index is 12.7. The van der Waals surface area contributed by atoms with Gasteiger partial charge >= 0.3 is 0 Å². The lowest BCUT2D eigenvalue weighted by Gasteiger charge is -2.62. The highest BCUT2D eigenvalue weighted by Crippen LogP contribution is 2.65. The van der Waals surface area contributed by atoms with Crippen LogP contribution in [-0.2, 0) is 28.5 Å². The lowest BCUT2D eigenvalue weighted by molar-refractivity contribution is -0.185. The molecule has 4 bridgehead atoms. The number of aliphatic hydroxyl groups is 2. The Morgan fingerprint density at radius 1 is 0.867 bits per heavy atom. The summed E-state index contributed by atoms with van der Waals surface area (Å²) in [5, 5.41) is 22.3. The van der Waals surface area contributed by atoms with Gasteiger partial charge in [-0.3, -0.25) is 4.79 Å². The molecule has 2 spiro atoms. The molecule has 4 aliphatic carbocycles. The average Bonchev–Trinajstić information content (AvgIpc) is 3.58. The topological polar surface area (TPSA) is 101 Å². The maximum atomic E-state index is 12.7. The molecule has 238 valence electrons. The number of ketones is 1. The molecule has 9 atom stereocenters. The third-order valence-electron chi connectivity index (χ3n) is 13.1. The van der Waals surface area contributed by atoms with Crippen LogP contribution in [0.25, 0.3) is 0 Å². The number of hydrogen-bond donors (Lipinski definition) is 2. The van der Waals surface area contributed by atoms with Crippen molar-refractivity contribution in [3.8, 4) is 23.0 Å². The summed E-state index contributed by atoms with van der Waals surface area (Å²) >= 11 is 0. The molecule has 0 aromatic heterocycles. The molecule has 4 heterocycles. The molecule has 0 unspecified atom stereocenters. The summed E-state index contributed by atoms with van der Waals surface area (Å²) in [6, 6.07) is 8.75. The van der Waals surface area contributed by atoms with E-state index in [-0.39, 0.29) is 23.3 Å². The Labute approximate surface area is 263 Å². The van der Waals surface area contributed by atoms with E-state index >= 15 is 0 Å². The number of hydrogen-bond acceptors (Lipinski definition) is 9. The van der Waals surface area contributed by atoms with Gasteiger partial charge in [-0.15, -0.1) is 0 Å². The zero-order chi connectivity index (χ0) is 31.0. The van der Waals surface area contributed by atoms with Crippen molar-refractivity contribution in [1.29, 1.82) is 0 Å². The van der Waals surface area contributed by atoms with Crippen molar-refractivity contribution in [3.63, 3.8) is 0 Å². The third kappa shape index (κ3) is 3.21. The SMILES string of the molecule is COc1ccc2c3c1O[C@H]1C(=O)CC[C@@]4(O)[C@@H](C2)N(C)CC[C@]314.COc1ccc2c3c1O[C@H]1[C@@H](O)C=C[C@H]4[C@@H](C2)N(C)CC[C@@]341. The minimum Gasteiger partial charge on any atom is -0.493 e. The van der Waals surface area contributed by atoms with E-state index in [0.717, 1.165) is 55.8 Å². The number of nitrogens with zero attached hydrogens (tertiary/aromatic N) is 2. The standard InChI is InChI=1S/C18H21NO4.C18H21NO3/c1-19-8-7-17-14-10-3-4-12(22-2)15(14)23-16(17)11(20)5-6-18(17,21)13(19)9-10;1-19-8-7-18-11-4-5-13(20)17(18)22-16-14(21-2)6-3-10(15(16)18)9-12(11)19/h3-4,13,16,21H,5-9H2,1-2H3;3-6,11-13,17,20H,7-9H2,1-2H3/t13-,16+,17+,18-;11-,12+,13-,17-,18-/m10/s1. The zero-order valence-electron chi connectivity index (χ0n) is 26.4. The summed E-state index contributed by atoms with van der Waals surface area (Å²) in [5.74, 6) is 3.56. The van der Waals surface area contributed by atoms with E-state index in [2.05, 4.69) is 42.1 Å². The van der Waals surface area contributed by atoms with Crippen LogP contribution in [0.5, 0.6) is 23.0 Å². The Morgan fingerprint density at radius 3 is 2.29 bits per heavy atom. The van der Waals surface area contributed by atoms with Crippen LogP contribution in [0, 0.1) is 5.92 Å². The Hall–Kier alpha value is -3.11. The van der Waals surface area contributed by atoms with Gasteiger partial charge in [0.1, 0.15) is 12.2 Å². The number of piperidine rings is 2. The molecule has 0 amide bonds. The largest absolute Gasteiger partial charge is 0.493 e. The first kappa shape index (κ1) is 28.1. The number of rotatable bonds is 2. The van der Waals surface area contributed by atoms with E-state index in [1.807, 2.05) is 18.2 Å². The second-order valence-electron chi connectivity index (χ2n) is 14.6. The van der Waals surface area contributed by atoms with Gasteiger partial charge < -0.3 is 39.0 Å². The van der Waals surface area contributed by atoms with Gasteiger partial charge in [-0.1, -0.05) is 24.3 Å². The van der Waals surface area contributed by atoms with Crippen LogP contribution in [0.2, 0.25) is 0 Å². The van der Waals surface area contributed by atoms with E-state index in [1.165, 1.54) is 16.7 Å². The smallest absolute Gasteiger partial charge is 0.174 e. The van der Waals surface area contributed by atoms with Crippen LogP contribution >= 0.6 is 0 Å². The number of aliphatic hydroxyl groups excluding tert-OH is 1. The molecule has 2 saturated heterocycles. The van der Waals surface area contributed by atoms with Crippen LogP contribution in [0.15, 0.2) is 36.4 Å². The Morgan fingerprint density at radius 2 is 1.56 bits per heavy atom. The number of methoxy groups -OCH3 is 2. The van der Waals surface area contributed by atoms with Gasteiger partial charge in [-0.05, 0) is 82.5 Å². The highest BCUT2D eigenvalue weighted by atomic mass is 16.5. The van der Waals surface area contributed by atoms with Crippen molar-refractivity contribution in [2.45, 2.75) is 85.4 Å². The van der Waals surface area contributed by atoms with Gasteiger partial charge in [0.05, 0.1) is 25.2 Å². The van der Waals surface area contributed by atoms with Crippen molar-refractivity contribution in [2.75, 3.05) is 41.4 Å². The molecule has 2 N–H and O–H groups in total. The van der Waals surface area contributed by atoms with Crippen LogP contribution in [-0.4, -0.2) is 103 Å². The van der Waals surface area contributed by atoms with Gasteiger partial charge in [0.25, 0.3) is 0 Å². The predicted molar refractivity (Wildman–Crippen MR) is 165 cm³/mol. The Balaban J connectivity index is 0.000000125. The molecule has 3 fully saturated rings. The fraction of sp³-hybridized carbons (Fsp3) is 0.583. The lowest BCUT2D eigenvalue weighted by atomic mass is 9.49. The molecule has 9 nitrogen and oxygen atoms in total. The van der Waals surface area contributed by atoms with E-state index in [1.54, 1.807) is 14.2 Å². The molecule has 10 rings (SSSR count). The molecule has 2 aromatic carbocycles. The van der Waals surface area contributed by atoms with Gasteiger partial charge in [0.2, 0.25) is 0 Å². The zero-order valence-corrected chi connectivity index (χ0v) is 26.4. The normalized spacial score (nSPS) is 40.8. The Kier molecular flexibility index (Phi) is 5.78. The summed E-state index contributed by atoms with van der Waals surface area (Å²) in [7, 11) is 7.60. The highest BCUT2D eigenvalue weighted by molar-refractivity contribution is 5.90. The first-order valence-corrected chi connectivity index (χ1v) is 16.5. The molecule has 9 heteroatoms. The number of ether oxygens (including phenoxy) is 4. The predicted octanol–water partition coefficient (Wildman–Crippen LogP) is 2.55. The molecule has 1 saturated carbocycles. The molecule has 45 heavy (non-hydrogen) atoms. The van der Waals surface area contributed by atoms with Crippen molar-refractivity contribution in [3.05, 3.63) is 58.7 Å². The molecule has 4 aliphatic heterocycles. The van der Waals surface area contributed by atoms with E-state index in [0.29, 0.717) is 36.3 Å². The van der Waals surface area contributed by atoms with E-state index in [4.69, 9.17) is 18.9 Å². The number of carbonyl (C=O) groups is 1. The second-order valence-corrected chi connectivity index (χ2v) is 14.6. The van der Waals surface area contributed by atoms with Gasteiger partial charge in [-0.25, -0.2) is 0 Å². The summed E-state index contributed by atoms with van der Waals surface area (Å²) in [4.78, 5) is 17.4. The van der Waals surface area contributed by atoms with Crippen LogP contribution in [0.1, 0.15) is 47.9 Å². The third-order valence-corrected chi connectivity index (χ3v) is 13.1. The second kappa shape index (κ2) is 9.25. The van der Waals surface area contributed by atoms with Crippen LogP contribution in [0.3, 0.4) is 0 Å². The molecular weight excluding hydrogens is 572 g/mol. The van der Waals surface area contributed by atoms with Crippen molar-refractivity contribution >= 4 is 5.78 Å². The van der Waals surface area contributed by atoms with E-state index in [9.17, 15) is 15.0 Å². The molecule has 8 aliphatic rings. The number of benzene rings is 2. The Bertz CT molecular complexity index is 1660. The van der Waals surface area contributed by atoms with Crippen molar-refractivity contribution in [1.82, 2.24) is 9.80 Å². The first-order valence-electron chi connectivity index (χ1n) is 16.5. The number of likely N-dealkylation sites (tertiary alicyclic amines) is 2. The minimum absolute atomic E-state index is 0.0438. The fourth-order valence-corrected chi connectivity index (χ4v) is 11.1. The van der Waals surface area contributed by atoms with Gasteiger partial charge in [-0.2, -0.15) is 0 Å². The fourth-order valence-electron chi connectivity index (χ4n) is 11.1. The van der Waals surface area contributed by atoms with Gasteiger partial charge in [0, 0.05) is 41.0 Å². The van der Waals surface area contributed by atoms with Crippen molar-refractivity contribution < 1.29 is 34.0 Å². The average molecular weight is 615 g/mol. The summed E-state index contributed by atoms with van der Waals surface area (Å²) < 4.78 is 23.5. The van der Waals surface area contributed by atoms with Crippen LogP contribution in [0.4, 0.5) is 0 Å². The minimum atomic E-state index is -0.900. The quantitative estimate of drug-likeness (QED) is 0.495. The maximum Gasteiger partial charge on any atom is 0.174 e. The number of Topliss-reactive ketones (excluding diaryl/α,β-unsaturated/α-hetero) is 1. The van der Waals surface area contributed by atoms with Crippen molar-refractivity contribution in [2.24, 2.45) is 5.92 Å². The van der Waals surface area contributed by atoms with Gasteiger partial charge in [0.15, 0.2) is 34.9 Å². The molecule has 2 aromatic rings. The lowest BCUT2D eigenvalue weighted by Crippen LogP contribution is -2.76. The summed E-state index contributed by atoms with van der Waals surface area (Å²) in [6.07, 6.45) is 7.43. The summed E-state index contributed by atoms with van der Waals surface area (Å²) in [6.45, 7) is 1.92. The monoisotopic (exact) mass is 614 g/mol. The van der Waals surface area contributed by atoms with Crippen LogP contribution < -0.4 is 18.9 Å². The number of likely N-dealkylation sites (N-methyl/N-ethyl adjacent to an activating group) is 2. The number of carbonyl (C=O) groups excluding carboxylic acids is 1. The molecule has 0 radical (unpaired) electrons. The first-order chi connectivity index (χ1) is 21.7.